The van der Waals surface area contributed by atoms with Gasteiger partial charge in [-0.05, 0) is 35.9 Å². The number of fused-ring (bicyclic) bond motifs is 1. The number of hydrogen-bond donors (Lipinski definition) is 2. The standard InChI is InChI=1S/C21H14ClF2N3O3/c22-19-14(15(23)5-6-16(19)24)10-27-17-7-13(8-25-20(17)26-9-18(27)28)11-1-3-12(4-2-11)21(29)30/h1-8H,9-10H2,(H,25,26)(H,29,30). The Hall–Kier alpha value is -3.52. The molecule has 0 atom stereocenters. The maximum Gasteiger partial charge on any atom is 0.335 e. The van der Waals surface area contributed by atoms with E-state index in [2.05, 4.69) is 10.3 Å². The van der Waals surface area contributed by atoms with Gasteiger partial charge in [0.25, 0.3) is 0 Å². The minimum absolute atomic E-state index is 0.0544. The predicted octanol–water partition coefficient (Wildman–Crippen LogP) is 4.34. The fourth-order valence-corrected chi connectivity index (χ4v) is 3.41. The molecule has 0 aliphatic carbocycles. The van der Waals surface area contributed by atoms with Gasteiger partial charge in [0.2, 0.25) is 5.91 Å². The number of halogens is 3. The summed E-state index contributed by atoms with van der Waals surface area (Å²) in [4.78, 5) is 29.2. The molecular weight excluding hydrogens is 416 g/mol. The fraction of sp³-hybridized carbons (Fsp3) is 0.0952. The van der Waals surface area contributed by atoms with E-state index in [4.69, 9.17) is 16.7 Å². The summed E-state index contributed by atoms with van der Waals surface area (Å²) in [5.74, 6) is -2.49. The largest absolute Gasteiger partial charge is 0.478 e. The Bertz CT molecular complexity index is 1170. The maximum atomic E-state index is 14.3. The Morgan fingerprint density at radius 3 is 2.53 bits per heavy atom. The molecule has 2 aromatic carbocycles. The molecule has 1 aromatic heterocycles. The van der Waals surface area contributed by atoms with Crippen molar-refractivity contribution in [2.45, 2.75) is 6.54 Å². The minimum atomic E-state index is -1.04. The number of amides is 1. The predicted molar refractivity (Wildman–Crippen MR) is 108 cm³/mol. The third-order valence-electron chi connectivity index (χ3n) is 4.79. The van der Waals surface area contributed by atoms with Crippen LogP contribution in [0.15, 0.2) is 48.7 Å². The SMILES string of the molecule is O=C(O)c1ccc(-c2cnc3c(c2)N(Cc2c(F)ccc(F)c2Cl)C(=O)CN3)cc1. The van der Waals surface area contributed by atoms with Gasteiger partial charge in [0, 0.05) is 17.3 Å². The van der Waals surface area contributed by atoms with Crippen molar-refractivity contribution in [3.05, 3.63) is 76.4 Å². The monoisotopic (exact) mass is 429 g/mol. The molecule has 0 bridgehead atoms. The number of carboxylic acid groups (broad SMARTS) is 1. The second kappa shape index (κ2) is 7.72. The molecule has 2 N–H and O–H groups in total. The highest BCUT2D eigenvalue weighted by molar-refractivity contribution is 6.31. The van der Waals surface area contributed by atoms with Crippen molar-refractivity contribution in [2.75, 3.05) is 16.8 Å². The van der Waals surface area contributed by atoms with E-state index < -0.39 is 17.6 Å². The summed E-state index contributed by atoms with van der Waals surface area (Å²) in [7, 11) is 0. The first-order valence-electron chi connectivity index (χ1n) is 8.85. The van der Waals surface area contributed by atoms with E-state index in [1.54, 1.807) is 24.4 Å². The van der Waals surface area contributed by atoms with Crippen LogP contribution in [0, 0.1) is 11.6 Å². The lowest BCUT2D eigenvalue weighted by Gasteiger charge is -2.30. The van der Waals surface area contributed by atoms with Gasteiger partial charge in [-0.15, -0.1) is 0 Å². The van der Waals surface area contributed by atoms with Gasteiger partial charge in [-0.25, -0.2) is 18.6 Å². The molecule has 30 heavy (non-hydrogen) atoms. The number of aromatic carboxylic acids is 1. The summed E-state index contributed by atoms with van der Waals surface area (Å²) >= 11 is 5.93. The molecule has 0 saturated carbocycles. The number of carboxylic acids is 1. The van der Waals surface area contributed by atoms with E-state index in [9.17, 15) is 18.4 Å². The van der Waals surface area contributed by atoms with Crippen LogP contribution in [0.5, 0.6) is 0 Å². The van der Waals surface area contributed by atoms with Gasteiger partial charge >= 0.3 is 5.97 Å². The summed E-state index contributed by atoms with van der Waals surface area (Å²) in [6, 6.07) is 9.72. The topological polar surface area (TPSA) is 82.5 Å². The number of aromatic nitrogens is 1. The highest BCUT2D eigenvalue weighted by atomic mass is 35.5. The lowest BCUT2D eigenvalue weighted by atomic mass is 10.0. The molecule has 0 saturated heterocycles. The van der Waals surface area contributed by atoms with Gasteiger partial charge < -0.3 is 15.3 Å². The minimum Gasteiger partial charge on any atom is -0.478 e. The summed E-state index contributed by atoms with van der Waals surface area (Å²) in [6.45, 7) is -0.319. The second-order valence-electron chi connectivity index (χ2n) is 6.63. The number of nitrogens with zero attached hydrogens (tertiary/aromatic N) is 2. The van der Waals surface area contributed by atoms with Crippen molar-refractivity contribution >= 4 is 35.0 Å². The molecule has 6 nitrogen and oxygen atoms in total. The molecule has 4 rings (SSSR count). The number of rotatable bonds is 4. The molecular formula is C21H14ClF2N3O3. The zero-order chi connectivity index (χ0) is 21.4. The smallest absolute Gasteiger partial charge is 0.335 e. The molecule has 2 heterocycles. The van der Waals surface area contributed by atoms with Crippen molar-refractivity contribution in [1.82, 2.24) is 4.98 Å². The summed E-state index contributed by atoms with van der Waals surface area (Å²) in [5, 5.41) is 11.6. The van der Waals surface area contributed by atoms with E-state index in [1.165, 1.54) is 17.0 Å². The lowest BCUT2D eigenvalue weighted by molar-refractivity contribution is -0.117. The van der Waals surface area contributed by atoms with E-state index in [0.717, 1.165) is 12.1 Å². The van der Waals surface area contributed by atoms with E-state index >= 15 is 0 Å². The third kappa shape index (κ3) is 3.57. The van der Waals surface area contributed by atoms with Crippen LogP contribution in [-0.2, 0) is 11.3 Å². The Balaban J connectivity index is 1.74. The first-order valence-corrected chi connectivity index (χ1v) is 9.23. The van der Waals surface area contributed by atoms with Crippen molar-refractivity contribution < 1.29 is 23.5 Å². The normalized spacial score (nSPS) is 13.0. The zero-order valence-corrected chi connectivity index (χ0v) is 16.1. The quantitative estimate of drug-likeness (QED) is 0.603. The number of nitrogens with one attached hydrogen (secondary N) is 1. The Morgan fingerprint density at radius 1 is 1.13 bits per heavy atom. The number of anilines is 2. The molecule has 0 fully saturated rings. The molecule has 0 spiro atoms. The number of hydrogen-bond acceptors (Lipinski definition) is 4. The van der Waals surface area contributed by atoms with Gasteiger partial charge in [-0.3, -0.25) is 4.79 Å². The fourth-order valence-electron chi connectivity index (χ4n) is 3.19. The van der Waals surface area contributed by atoms with Gasteiger partial charge in [-0.1, -0.05) is 23.7 Å². The number of pyridine rings is 1. The average Bonchev–Trinajstić information content (AvgIpc) is 2.75. The van der Waals surface area contributed by atoms with E-state index in [1.807, 2.05) is 0 Å². The molecule has 3 aromatic rings. The van der Waals surface area contributed by atoms with E-state index in [-0.39, 0.29) is 35.1 Å². The van der Waals surface area contributed by atoms with Crippen LogP contribution in [0.25, 0.3) is 11.1 Å². The molecule has 1 aliphatic rings. The summed E-state index contributed by atoms with van der Waals surface area (Å²) in [6.07, 6.45) is 1.57. The van der Waals surface area contributed by atoms with Crippen molar-refractivity contribution in [3.63, 3.8) is 0 Å². The maximum absolute atomic E-state index is 14.3. The van der Waals surface area contributed by atoms with Crippen LogP contribution in [0.2, 0.25) is 5.02 Å². The molecule has 9 heteroatoms. The first-order chi connectivity index (χ1) is 14.3. The van der Waals surface area contributed by atoms with Crippen LogP contribution < -0.4 is 10.2 Å². The summed E-state index contributed by atoms with van der Waals surface area (Å²) < 4.78 is 28.1. The van der Waals surface area contributed by atoms with E-state index in [0.29, 0.717) is 22.6 Å². The Labute approximate surface area is 174 Å². The first kappa shape index (κ1) is 19.8. The van der Waals surface area contributed by atoms with Crippen LogP contribution in [0.4, 0.5) is 20.3 Å². The van der Waals surface area contributed by atoms with Gasteiger partial charge in [0.15, 0.2) is 5.82 Å². The van der Waals surface area contributed by atoms with Gasteiger partial charge in [0.05, 0.1) is 29.4 Å². The average molecular weight is 430 g/mol. The highest BCUT2D eigenvalue weighted by Crippen LogP contribution is 2.35. The summed E-state index contributed by atoms with van der Waals surface area (Å²) in [5.41, 5.74) is 1.69. The molecule has 152 valence electrons. The Morgan fingerprint density at radius 2 is 1.83 bits per heavy atom. The highest BCUT2D eigenvalue weighted by Gasteiger charge is 2.28. The zero-order valence-electron chi connectivity index (χ0n) is 15.3. The number of carbonyl (C=O) groups is 2. The second-order valence-corrected chi connectivity index (χ2v) is 7.01. The molecule has 0 unspecified atom stereocenters. The lowest BCUT2D eigenvalue weighted by Crippen LogP contribution is -2.40. The van der Waals surface area contributed by atoms with Crippen LogP contribution in [0.1, 0.15) is 15.9 Å². The van der Waals surface area contributed by atoms with Crippen LogP contribution >= 0.6 is 11.6 Å². The Kier molecular flexibility index (Phi) is 5.09. The van der Waals surface area contributed by atoms with Crippen molar-refractivity contribution in [1.29, 1.82) is 0 Å². The van der Waals surface area contributed by atoms with Gasteiger partial charge in [-0.2, -0.15) is 0 Å². The van der Waals surface area contributed by atoms with Crippen molar-refractivity contribution in [3.8, 4) is 11.1 Å². The number of carbonyl (C=O) groups excluding carboxylic acids is 1. The van der Waals surface area contributed by atoms with Crippen LogP contribution in [0.3, 0.4) is 0 Å². The van der Waals surface area contributed by atoms with Crippen molar-refractivity contribution in [2.24, 2.45) is 0 Å². The third-order valence-corrected chi connectivity index (χ3v) is 5.20. The van der Waals surface area contributed by atoms with Gasteiger partial charge in [0.1, 0.15) is 11.6 Å². The molecule has 1 amide bonds. The number of benzene rings is 2. The molecule has 0 radical (unpaired) electrons. The molecule has 1 aliphatic heterocycles. The van der Waals surface area contributed by atoms with Crippen LogP contribution in [-0.4, -0.2) is 28.5 Å².